The smallest absolute Gasteiger partial charge is 0.254 e. The number of ether oxygens (including phenoxy) is 2. The van der Waals surface area contributed by atoms with Crippen LogP contribution in [0.5, 0.6) is 5.75 Å². The molecule has 2 amide bonds. The SMILES string of the molecule is COc1ccccc1-c1ccc(C(=O)N2CC[C@@]34OC[C@@H](C(C)C)N3C(=O)C[C@@H]24)cc1. The normalized spacial score (nSPS) is 27.0. The minimum atomic E-state index is -0.640. The van der Waals surface area contributed by atoms with Gasteiger partial charge in [-0.1, -0.05) is 44.2 Å². The van der Waals surface area contributed by atoms with E-state index in [0.29, 0.717) is 37.5 Å². The highest BCUT2D eigenvalue weighted by molar-refractivity contribution is 5.96. The fourth-order valence-electron chi connectivity index (χ4n) is 5.45. The van der Waals surface area contributed by atoms with E-state index in [2.05, 4.69) is 13.8 Å². The summed E-state index contributed by atoms with van der Waals surface area (Å²) < 4.78 is 11.7. The van der Waals surface area contributed by atoms with Crippen LogP contribution in [0, 0.1) is 5.92 Å². The summed E-state index contributed by atoms with van der Waals surface area (Å²) in [6, 6.07) is 15.3. The van der Waals surface area contributed by atoms with E-state index in [9.17, 15) is 9.59 Å². The van der Waals surface area contributed by atoms with Crippen molar-refractivity contribution in [1.82, 2.24) is 9.80 Å². The summed E-state index contributed by atoms with van der Waals surface area (Å²) in [4.78, 5) is 30.0. The first-order chi connectivity index (χ1) is 15.0. The van der Waals surface area contributed by atoms with E-state index in [1.54, 1.807) is 7.11 Å². The Hall–Kier alpha value is -2.86. The first-order valence-corrected chi connectivity index (χ1v) is 11.0. The van der Waals surface area contributed by atoms with Crippen molar-refractivity contribution in [2.75, 3.05) is 20.3 Å². The molecule has 0 saturated carbocycles. The highest BCUT2D eigenvalue weighted by atomic mass is 16.5. The van der Waals surface area contributed by atoms with E-state index in [1.807, 2.05) is 58.3 Å². The van der Waals surface area contributed by atoms with Gasteiger partial charge in [0.05, 0.1) is 32.2 Å². The molecule has 5 rings (SSSR count). The fraction of sp³-hybridized carbons (Fsp3) is 0.440. The Morgan fingerprint density at radius 3 is 2.61 bits per heavy atom. The van der Waals surface area contributed by atoms with Crippen molar-refractivity contribution in [3.8, 4) is 16.9 Å². The van der Waals surface area contributed by atoms with Crippen molar-refractivity contribution in [2.24, 2.45) is 5.92 Å². The molecule has 3 fully saturated rings. The predicted octanol–water partition coefficient (Wildman–Crippen LogP) is 3.56. The fourth-order valence-corrected chi connectivity index (χ4v) is 5.45. The molecule has 3 aliphatic rings. The molecule has 162 valence electrons. The van der Waals surface area contributed by atoms with Crippen LogP contribution in [0.2, 0.25) is 0 Å². The summed E-state index contributed by atoms with van der Waals surface area (Å²) in [5, 5.41) is 0. The topological polar surface area (TPSA) is 59.1 Å². The number of likely N-dealkylation sites (tertiary alicyclic amines) is 1. The lowest BCUT2D eigenvalue weighted by molar-refractivity contribution is -0.139. The molecular weight excluding hydrogens is 392 g/mol. The molecule has 6 nitrogen and oxygen atoms in total. The molecular formula is C25H28N2O4. The first-order valence-electron chi connectivity index (χ1n) is 11.0. The second-order valence-electron chi connectivity index (χ2n) is 8.98. The van der Waals surface area contributed by atoms with Crippen molar-refractivity contribution in [3.05, 3.63) is 54.1 Å². The van der Waals surface area contributed by atoms with Gasteiger partial charge in [0.2, 0.25) is 5.91 Å². The molecule has 3 atom stereocenters. The number of carbonyl (C=O) groups is 2. The first kappa shape index (κ1) is 20.1. The van der Waals surface area contributed by atoms with Gasteiger partial charge < -0.3 is 19.3 Å². The van der Waals surface area contributed by atoms with E-state index in [0.717, 1.165) is 16.9 Å². The Labute approximate surface area is 182 Å². The lowest BCUT2D eigenvalue weighted by Gasteiger charge is -2.34. The minimum absolute atomic E-state index is 0.0419. The third kappa shape index (κ3) is 2.96. The Balaban J connectivity index is 1.39. The van der Waals surface area contributed by atoms with E-state index >= 15 is 0 Å². The Morgan fingerprint density at radius 2 is 1.90 bits per heavy atom. The van der Waals surface area contributed by atoms with Gasteiger partial charge in [0.25, 0.3) is 5.91 Å². The monoisotopic (exact) mass is 420 g/mol. The molecule has 0 radical (unpaired) electrons. The molecule has 2 aromatic carbocycles. The van der Waals surface area contributed by atoms with Crippen LogP contribution < -0.4 is 4.74 Å². The zero-order valence-electron chi connectivity index (χ0n) is 18.2. The molecule has 31 heavy (non-hydrogen) atoms. The molecule has 0 unspecified atom stereocenters. The van der Waals surface area contributed by atoms with Crippen LogP contribution in [0.1, 0.15) is 37.0 Å². The summed E-state index contributed by atoms with van der Waals surface area (Å²) in [5.41, 5.74) is 1.97. The maximum absolute atomic E-state index is 13.4. The average molecular weight is 421 g/mol. The van der Waals surface area contributed by atoms with Crippen LogP contribution in [0.15, 0.2) is 48.5 Å². The summed E-state index contributed by atoms with van der Waals surface area (Å²) in [6.45, 7) is 5.39. The molecule has 0 bridgehead atoms. The van der Waals surface area contributed by atoms with Crippen molar-refractivity contribution < 1.29 is 19.1 Å². The van der Waals surface area contributed by atoms with E-state index < -0.39 is 5.72 Å². The number of hydrogen-bond donors (Lipinski definition) is 0. The highest BCUT2D eigenvalue weighted by Crippen LogP contribution is 2.49. The standard InChI is InChI=1S/C25H28N2O4/c1-16(2)20-15-31-25-12-13-26(22(25)14-23(28)27(20)25)24(29)18-10-8-17(9-11-18)19-6-4-5-7-21(19)30-3/h4-11,16,20,22H,12-15H2,1-3H3/t20-,22+,25-/m0/s1. The van der Waals surface area contributed by atoms with E-state index in [1.165, 1.54) is 0 Å². The molecule has 3 heterocycles. The molecule has 2 aromatic rings. The number of hydrogen-bond acceptors (Lipinski definition) is 4. The Bertz CT molecular complexity index is 1020. The van der Waals surface area contributed by atoms with Crippen LogP contribution in [-0.2, 0) is 9.53 Å². The molecule has 0 N–H and O–H groups in total. The number of carbonyl (C=O) groups excluding carboxylic acids is 2. The Morgan fingerprint density at radius 1 is 1.16 bits per heavy atom. The van der Waals surface area contributed by atoms with Gasteiger partial charge in [-0.05, 0) is 29.7 Å². The van der Waals surface area contributed by atoms with Crippen molar-refractivity contribution in [3.63, 3.8) is 0 Å². The van der Waals surface area contributed by atoms with Crippen LogP contribution in [0.3, 0.4) is 0 Å². The number of amides is 2. The summed E-state index contributed by atoms with van der Waals surface area (Å²) in [6.07, 6.45) is 1.02. The van der Waals surface area contributed by atoms with Gasteiger partial charge in [-0.15, -0.1) is 0 Å². The van der Waals surface area contributed by atoms with Crippen molar-refractivity contribution in [2.45, 2.75) is 44.5 Å². The summed E-state index contributed by atoms with van der Waals surface area (Å²) >= 11 is 0. The van der Waals surface area contributed by atoms with E-state index in [-0.39, 0.29) is 23.9 Å². The molecule has 3 saturated heterocycles. The average Bonchev–Trinajstić information content (AvgIpc) is 3.42. The molecule has 0 aliphatic carbocycles. The van der Waals surface area contributed by atoms with Gasteiger partial charge in [0.15, 0.2) is 5.72 Å². The highest BCUT2D eigenvalue weighted by Gasteiger charge is 2.65. The zero-order chi connectivity index (χ0) is 21.8. The third-order valence-corrected chi connectivity index (χ3v) is 7.07. The van der Waals surface area contributed by atoms with E-state index in [4.69, 9.17) is 9.47 Å². The molecule has 1 spiro atoms. The second-order valence-corrected chi connectivity index (χ2v) is 8.98. The number of para-hydroxylation sites is 1. The van der Waals surface area contributed by atoms with Gasteiger partial charge in [-0.2, -0.15) is 0 Å². The quantitative estimate of drug-likeness (QED) is 0.759. The number of nitrogens with zero attached hydrogens (tertiary/aromatic N) is 2. The van der Waals surface area contributed by atoms with Crippen LogP contribution >= 0.6 is 0 Å². The largest absolute Gasteiger partial charge is 0.496 e. The summed E-state index contributed by atoms with van der Waals surface area (Å²) in [5.74, 6) is 1.19. The van der Waals surface area contributed by atoms with Gasteiger partial charge in [-0.3, -0.25) is 9.59 Å². The molecule has 0 aromatic heterocycles. The minimum Gasteiger partial charge on any atom is -0.496 e. The van der Waals surface area contributed by atoms with Gasteiger partial charge in [0.1, 0.15) is 5.75 Å². The maximum atomic E-state index is 13.4. The van der Waals surface area contributed by atoms with Crippen LogP contribution in [0.4, 0.5) is 0 Å². The summed E-state index contributed by atoms with van der Waals surface area (Å²) in [7, 11) is 1.65. The maximum Gasteiger partial charge on any atom is 0.254 e. The van der Waals surface area contributed by atoms with Crippen molar-refractivity contribution >= 4 is 11.8 Å². The third-order valence-electron chi connectivity index (χ3n) is 7.07. The number of methoxy groups -OCH3 is 1. The van der Waals surface area contributed by atoms with Crippen molar-refractivity contribution in [1.29, 1.82) is 0 Å². The zero-order valence-corrected chi connectivity index (χ0v) is 18.2. The molecule has 3 aliphatic heterocycles. The van der Waals surface area contributed by atoms with Gasteiger partial charge in [0, 0.05) is 24.1 Å². The Kier molecular flexibility index (Phi) is 4.77. The number of benzene rings is 2. The number of rotatable bonds is 4. The van der Waals surface area contributed by atoms with Gasteiger partial charge >= 0.3 is 0 Å². The van der Waals surface area contributed by atoms with Crippen LogP contribution in [-0.4, -0.2) is 59.7 Å². The van der Waals surface area contributed by atoms with Gasteiger partial charge in [-0.25, -0.2) is 0 Å². The lowest BCUT2D eigenvalue weighted by atomic mass is 10.0. The molecule has 6 heteroatoms. The second kappa shape index (κ2) is 7.38. The lowest BCUT2D eigenvalue weighted by Crippen LogP contribution is -2.51. The predicted molar refractivity (Wildman–Crippen MR) is 117 cm³/mol. The van der Waals surface area contributed by atoms with Crippen LogP contribution in [0.25, 0.3) is 11.1 Å².